The number of rotatable bonds is 3. The molecule has 0 aliphatic heterocycles. The van der Waals surface area contributed by atoms with Crippen LogP contribution in [0.25, 0.3) is 0 Å². The highest BCUT2D eigenvalue weighted by Crippen LogP contribution is 2.19. The van der Waals surface area contributed by atoms with Crippen LogP contribution in [0.5, 0.6) is 0 Å². The molecule has 0 aromatic carbocycles. The van der Waals surface area contributed by atoms with E-state index in [1.54, 1.807) is 12.1 Å². The van der Waals surface area contributed by atoms with E-state index < -0.39 is 0 Å². The summed E-state index contributed by atoms with van der Waals surface area (Å²) in [4.78, 5) is 0. The fourth-order valence-corrected chi connectivity index (χ4v) is 1.94. The van der Waals surface area contributed by atoms with Crippen molar-refractivity contribution in [1.29, 1.82) is 0 Å². The first kappa shape index (κ1) is 10.0. The summed E-state index contributed by atoms with van der Waals surface area (Å²) < 4.78 is 5.88. The summed E-state index contributed by atoms with van der Waals surface area (Å²) in [6.45, 7) is 1.87. The van der Waals surface area contributed by atoms with Gasteiger partial charge in [-0.25, -0.2) is 0 Å². The molecule has 0 amide bonds. The van der Waals surface area contributed by atoms with Crippen molar-refractivity contribution in [3.8, 4) is 0 Å². The van der Waals surface area contributed by atoms with Crippen molar-refractivity contribution in [2.24, 2.45) is 0 Å². The highest BCUT2D eigenvalue weighted by Gasteiger charge is 2.07. The standard InChI is InChI=1S/C10H10N2O2S/c1-8-6-9(14-11-8)7-15-10-4-2-3-5-12(10)13/h2-6H,7H2,1H3. The number of hydrogen-bond donors (Lipinski definition) is 0. The molecule has 0 radical (unpaired) electrons. The lowest BCUT2D eigenvalue weighted by Gasteiger charge is -2.00. The molecule has 2 heterocycles. The van der Waals surface area contributed by atoms with Gasteiger partial charge in [-0.2, -0.15) is 4.73 Å². The minimum Gasteiger partial charge on any atom is -0.618 e. The zero-order valence-corrected chi connectivity index (χ0v) is 9.03. The van der Waals surface area contributed by atoms with Crippen molar-refractivity contribution >= 4 is 11.8 Å². The Hall–Kier alpha value is -1.49. The Morgan fingerprint density at radius 1 is 1.53 bits per heavy atom. The summed E-state index contributed by atoms with van der Waals surface area (Å²) in [5, 5.41) is 15.7. The molecule has 2 rings (SSSR count). The second-order valence-electron chi connectivity index (χ2n) is 3.09. The molecular formula is C10H10N2O2S. The Bertz CT molecular complexity index is 456. The van der Waals surface area contributed by atoms with Crippen molar-refractivity contribution < 1.29 is 9.25 Å². The van der Waals surface area contributed by atoms with E-state index in [9.17, 15) is 5.21 Å². The first-order valence-electron chi connectivity index (χ1n) is 4.49. The van der Waals surface area contributed by atoms with Gasteiger partial charge in [-0.1, -0.05) is 5.16 Å². The molecule has 0 fully saturated rings. The zero-order chi connectivity index (χ0) is 10.7. The summed E-state index contributed by atoms with van der Waals surface area (Å²) >= 11 is 1.43. The Labute approximate surface area is 91.5 Å². The van der Waals surface area contributed by atoms with Crippen molar-refractivity contribution in [1.82, 2.24) is 5.16 Å². The fraction of sp³-hybridized carbons (Fsp3) is 0.200. The van der Waals surface area contributed by atoms with Crippen LogP contribution in [0, 0.1) is 12.1 Å². The van der Waals surface area contributed by atoms with Crippen LogP contribution >= 0.6 is 11.8 Å². The van der Waals surface area contributed by atoms with Crippen LogP contribution < -0.4 is 4.73 Å². The number of aryl methyl sites for hydroxylation is 1. The SMILES string of the molecule is Cc1cc(CSc2cccc[n+]2[O-])on1. The van der Waals surface area contributed by atoms with Crippen LogP contribution in [-0.2, 0) is 5.75 Å². The van der Waals surface area contributed by atoms with Gasteiger partial charge in [0.2, 0.25) is 0 Å². The molecule has 0 saturated carbocycles. The third-order valence-electron chi connectivity index (χ3n) is 1.83. The topological polar surface area (TPSA) is 53.0 Å². The normalized spacial score (nSPS) is 10.5. The van der Waals surface area contributed by atoms with E-state index in [2.05, 4.69) is 5.16 Å². The van der Waals surface area contributed by atoms with Gasteiger partial charge in [0.05, 0.1) is 11.4 Å². The average Bonchev–Trinajstić information content (AvgIpc) is 2.63. The smallest absolute Gasteiger partial charge is 0.251 e. The van der Waals surface area contributed by atoms with Crippen molar-refractivity contribution in [3.63, 3.8) is 0 Å². The van der Waals surface area contributed by atoms with E-state index in [0.29, 0.717) is 10.8 Å². The molecule has 0 spiro atoms. The number of aromatic nitrogens is 2. The molecule has 0 atom stereocenters. The van der Waals surface area contributed by atoms with E-state index in [1.807, 2.05) is 19.1 Å². The molecule has 78 valence electrons. The van der Waals surface area contributed by atoms with Crippen molar-refractivity contribution in [2.45, 2.75) is 17.7 Å². The summed E-state index contributed by atoms with van der Waals surface area (Å²) in [5.74, 6) is 1.40. The quantitative estimate of drug-likeness (QED) is 0.452. The monoisotopic (exact) mass is 222 g/mol. The molecule has 2 aromatic heterocycles. The largest absolute Gasteiger partial charge is 0.618 e. The number of pyridine rings is 1. The van der Waals surface area contributed by atoms with Gasteiger partial charge in [0.1, 0.15) is 5.76 Å². The van der Waals surface area contributed by atoms with Gasteiger partial charge in [-0.3, -0.25) is 0 Å². The van der Waals surface area contributed by atoms with E-state index >= 15 is 0 Å². The highest BCUT2D eigenvalue weighted by molar-refractivity contribution is 7.98. The molecule has 0 N–H and O–H groups in total. The van der Waals surface area contributed by atoms with Gasteiger partial charge in [-0.05, 0) is 24.8 Å². The Balaban J connectivity index is 2.02. The summed E-state index contributed by atoms with van der Waals surface area (Å²) in [6, 6.07) is 7.18. The minimum atomic E-state index is 0.618. The summed E-state index contributed by atoms with van der Waals surface area (Å²) in [6.07, 6.45) is 1.48. The molecular weight excluding hydrogens is 212 g/mol. The van der Waals surface area contributed by atoms with Crippen LogP contribution in [0.1, 0.15) is 11.5 Å². The highest BCUT2D eigenvalue weighted by atomic mass is 32.2. The molecule has 0 unspecified atom stereocenters. The Kier molecular flexibility index (Phi) is 2.91. The van der Waals surface area contributed by atoms with Gasteiger partial charge in [0, 0.05) is 18.2 Å². The van der Waals surface area contributed by atoms with Gasteiger partial charge >= 0.3 is 0 Å². The lowest BCUT2D eigenvalue weighted by atomic mass is 10.4. The second kappa shape index (κ2) is 4.35. The van der Waals surface area contributed by atoms with E-state index in [0.717, 1.165) is 16.2 Å². The van der Waals surface area contributed by atoms with Crippen LogP contribution in [0.4, 0.5) is 0 Å². The number of thioether (sulfide) groups is 1. The molecule has 0 aliphatic rings. The molecule has 4 nitrogen and oxygen atoms in total. The van der Waals surface area contributed by atoms with Crippen molar-refractivity contribution in [3.05, 3.63) is 47.1 Å². The lowest BCUT2D eigenvalue weighted by molar-refractivity contribution is -0.645. The summed E-state index contributed by atoms with van der Waals surface area (Å²) in [5.41, 5.74) is 0.855. The second-order valence-corrected chi connectivity index (χ2v) is 4.08. The third kappa shape index (κ3) is 2.50. The molecule has 2 aromatic rings. The first-order chi connectivity index (χ1) is 7.25. The van der Waals surface area contributed by atoms with E-state index in [-0.39, 0.29) is 0 Å². The fourth-order valence-electron chi connectivity index (χ4n) is 1.15. The number of nitrogens with zero attached hydrogens (tertiary/aromatic N) is 2. The molecule has 15 heavy (non-hydrogen) atoms. The average molecular weight is 222 g/mol. The van der Waals surface area contributed by atoms with Crippen LogP contribution in [-0.4, -0.2) is 5.16 Å². The molecule has 0 aliphatic carbocycles. The molecule has 0 bridgehead atoms. The first-order valence-corrected chi connectivity index (χ1v) is 5.47. The maximum Gasteiger partial charge on any atom is 0.251 e. The maximum absolute atomic E-state index is 11.3. The predicted molar refractivity (Wildman–Crippen MR) is 56.2 cm³/mol. The number of hydrogen-bond acceptors (Lipinski definition) is 4. The Morgan fingerprint density at radius 2 is 2.40 bits per heavy atom. The predicted octanol–water partition coefficient (Wildman–Crippen LogP) is 1.91. The van der Waals surface area contributed by atoms with Crippen LogP contribution in [0.15, 0.2) is 40.0 Å². The maximum atomic E-state index is 11.3. The molecule has 0 saturated heterocycles. The van der Waals surface area contributed by atoms with E-state index in [1.165, 1.54) is 18.0 Å². The van der Waals surface area contributed by atoms with Gasteiger partial charge in [0.25, 0.3) is 5.03 Å². The van der Waals surface area contributed by atoms with Gasteiger partial charge in [0.15, 0.2) is 6.20 Å². The van der Waals surface area contributed by atoms with Crippen LogP contribution in [0.3, 0.4) is 0 Å². The lowest BCUT2D eigenvalue weighted by Crippen LogP contribution is -2.27. The van der Waals surface area contributed by atoms with Crippen LogP contribution in [0.2, 0.25) is 0 Å². The zero-order valence-electron chi connectivity index (χ0n) is 8.21. The Morgan fingerprint density at radius 3 is 3.07 bits per heavy atom. The van der Waals surface area contributed by atoms with Gasteiger partial charge in [-0.15, -0.1) is 0 Å². The molecule has 5 heteroatoms. The third-order valence-corrected chi connectivity index (χ3v) is 2.87. The van der Waals surface area contributed by atoms with E-state index in [4.69, 9.17) is 4.52 Å². The summed E-state index contributed by atoms with van der Waals surface area (Å²) in [7, 11) is 0. The minimum absolute atomic E-state index is 0.618. The van der Waals surface area contributed by atoms with Crippen molar-refractivity contribution in [2.75, 3.05) is 0 Å². The van der Waals surface area contributed by atoms with Gasteiger partial charge < -0.3 is 9.73 Å².